The molecule has 18 heteroatoms. The average molecular weight is 707 g/mol. The molecule has 0 saturated heterocycles. The van der Waals surface area contributed by atoms with Gasteiger partial charge in [0.1, 0.15) is 28.1 Å². The van der Waals surface area contributed by atoms with Gasteiger partial charge in [0.05, 0.1) is 27.8 Å². The molecule has 45 heavy (non-hydrogen) atoms. The molecule has 0 spiro atoms. The highest BCUT2D eigenvalue weighted by Crippen LogP contribution is 2.65. The quantitative estimate of drug-likeness (QED) is 0.170. The maximum atomic E-state index is 14.9. The molecule has 4 rings (SSSR count). The molecule has 1 aliphatic carbocycles. The highest BCUT2D eigenvalue weighted by molar-refractivity contribution is 6.53. The maximum Gasteiger partial charge on any atom is 0.416 e. The minimum Gasteiger partial charge on any atom is -0.326 e. The molecule has 1 aliphatic rings. The Bertz CT molecular complexity index is 1700. The van der Waals surface area contributed by atoms with Crippen molar-refractivity contribution in [2.45, 2.75) is 29.0 Å². The minimum atomic E-state index is -4.97. The summed E-state index contributed by atoms with van der Waals surface area (Å²) in [4.78, 5) is 37.4. The van der Waals surface area contributed by atoms with Gasteiger partial charge >= 0.3 is 12.4 Å². The zero-order valence-corrected chi connectivity index (χ0v) is 24.0. The summed E-state index contributed by atoms with van der Waals surface area (Å²) >= 11 is 18.4. The normalized spacial score (nSPS) is 17.4. The van der Waals surface area contributed by atoms with Crippen LogP contribution in [-0.2, 0) is 15.8 Å². The van der Waals surface area contributed by atoms with Crippen LogP contribution in [-0.4, -0.2) is 28.2 Å². The number of carbonyl (C=O) groups is 3. The van der Waals surface area contributed by atoms with E-state index >= 15 is 0 Å². The topological polar surface area (TPSA) is 87.3 Å². The van der Waals surface area contributed by atoms with Crippen molar-refractivity contribution in [2.75, 3.05) is 16.0 Å². The molecule has 3 N–H and O–H groups in total. The number of hydrogen-bond acceptors (Lipinski definition) is 3. The fourth-order valence-corrected chi connectivity index (χ4v) is 5.37. The van der Waals surface area contributed by atoms with Gasteiger partial charge in [-0.25, -0.2) is 13.2 Å². The molecule has 3 amide bonds. The van der Waals surface area contributed by atoms with E-state index in [-0.39, 0.29) is 22.3 Å². The van der Waals surface area contributed by atoms with E-state index in [4.69, 9.17) is 34.8 Å². The third-order valence-corrected chi connectivity index (χ3v) is 7.66. The Kier molecular flexibility index (Phi) is 9.31. The van der Waals surface area contributed by atoms with Crippen LogP contribution in [0.15, 0.2) is 48.5 Å². The standard InChI is InChI=1S/C27H15Cl3F9N3O3/c28-15-2-1-13(40-24(45)20-19(26(20,29)30)10-5-11(27(37,38)39)7-12(31)6-10)8-14(15)23(44)41-17-4-3-16(32)22(21(17)33)42-18(43)9-25(34,35)36/h1-8,19-20H,9H2,(H,40,45)(H,41,44)(H,42,43)/t19-,20?/m0/s1. The molecule has 0 aliphatic heterocycles. The molecule has 1 saturated carbocycles. The van der Waals surface area contributed by atoms with Crippen LogP contribution in [0.4, 0.5) is 56.6 Å². The Labute approximate surface area is 261 Å². The molecule has 2 atom stereocenters. The number of hydrogen-bond donors (Lipinski definition) is 3. The van der Waals surface area contributed by atoms with Crippen molar-refractivity contribution in [3.63, 3.8) is 0 Å². The molecule has 3 aromatic rings. The van der Waals surface area contributed by atoms with Crippen LogP contribution < -0.4 is 16.0 Å². The predicted octanol–water partition coefficient (Wildman–Crippen LogP) is 8.45. The van der Waals surface area contributed by atoms with Crippen LogP contribution in [0, 0.1) is 23.4 Å². The van der Waals surface area contributed by atoms with E-state index < -0.39 is 92.6 Å². The summed E-state index contributed by atoms with van der Waals surface area (Å²) in [5.41, 5.74) is -4.18. The molecule has 3 aromatic carbocycles. The first-order valence-electron chi connectivity index (χ1n) is 12.2. The zero-order valence-electron chi connectivity index (χ0n) is 21.7. The number of amides is 3. The number of benzene rings is 3. The summed E-state index contributed by atoms with van der Waals surface area (Å²) in [5, 5.41) is 5.56. The Morgan fingerprint density at radius 3 is 2.13 bits per heavy atom. The number of carbonyl (C=O) groups excluding carboxylic acids is 3. The highest BCUT2D eigenvalue weighted by atomic mass is 35.5. The molecule has 6 nitrogen and oxygen atoms in total. The van der Waals surface area contributed by atoms with Gasteiger partial charge in [0.15, 0.2) is 5.82 Å². The molecular weight excluding hydrogens is 692 g/mol. The van der Waals surface area contributed by atoms with Gasteiger partial charge in [-0.15, -0.1) is 23.2 Å². The number of nitrogens with one attached hydrogen (secondary N) is 3. The Morgan fingerprint density at radius 2 is 1.51 bits per heavy atom. The highest BCUT2D eigenvalue weighted by Gasteiger charge is 2.67. The van der Waals surface area contributed by atoms with Gasteiger partial charge in [0.2, 0.25) is 11.8 Å². The van der Waals surface area contributed by atoms with E-state index in [1.807, 2.05) is 5.32 Å². The first kappa shape index (κ1) is 34.2. The lowest BCUT2D eigenvalue weighted by Crippen LogP contribution is -2.23. The van der Waals surface area contributed by atoms with Gasteiger partial charge in [-0.3, -0.25) is 14.4 Å². The third-order valence-electron chi connectivity index (χ3n) is 6.39. The van der Waals surface area contributed by atoms with Crippen LogP contribution in [0.25, 0.3) is 0 Å². The number of rotatable bonds is 7. The maximum absolute atomic E-state index is 14.9. The Morgan fingerprint density at radius 1 is 0.844 bits per heavy atom. The second-order valence-electron chi connectivity index (χ2n) is 9.66. The SMILES string of the molecule is O=C(CC(F)(F)F)Nc1c(F)ccc(NC(=O)c2cc(NC(=O)C3[C@H](c4cc(F)cc(C(F)(F)F)c4)C3(Cl)Cl)ccc2Cl)c1F. The van der Waals surface area contributed by atoms with Crippen molar-refractivity contribution in [1.29, 1.82) is 0 Å². The largest absolute Gasteiger partial charge is 0.416 e. The summed E-state index contributed by atoms with van der Waals surface area (Å²) in [6, 6.07) is 6.21. The lowest BCUT2D eigenvalue weighted by Gasteiger charge is -2.14. The summed E-state index contributed by atoms with van der Waals surface area (Å²) in [5.74, 6) is -10.8. The van der Waals surface area contributed by atoms with E-state index in [0.29, 0.717) is 18.2 Å². The van der Waals surface area contributed by atoms with Crippen LogP contribution in [0.3, 0.4) is 0 Å². The molecule has 1 fully saturated rings. The lowest BCUT2D eigenvalue weighted by atomic mass is 10.0. The summed E-state index contributed by atoms with van der Waals surface area (Å²) in [6.45, 7) is 0. The van der Waals surface area contributed by atoms with Gasteiger partial charge in [-0.1, -0.05) is 11.6 Å². The molecule has 0 heterocycles. The van der Waals surface area contributed by atoms with E-state index in [1.165, 1.54) is 11.4 Å². The fraction of sp³-hybridized carbons (Fsp3) is 0.222. The van der Waals surface area contributed by atoms with E-state index in [1.54, 1.807) is 0 Å². The summed E-state index contributed by atoms with van der Waals surface area (Å²) in [7, 11) is 0. The molecule has 240 valence electrons. The van der Waals surface area contributed by atoms with Gasteiger partial charge in [-0.05, 0) is 54.1 Å². The monoisotopic (exact) mass is 705 g/mol. The molecular formula is C27H15Cl3F9N3O3. The average Bonchev–Trinajstić information content (AvgIpc) is 3.49. The minimum absolute atomic E-state index is 0.126. The van der Waals surface area contributed by atoms with Crippen LogP contribution >= 0.6 is 34.8 Å². The van der Waals surface area contributed by atoms with E-state index in [9.17, 15) is 53.9 Å². The van der Waals surface area contributed by atoms with Crippen LogP contribution in [0.2, 0.25) is 5.02 Å². The zero-order chi connectivity index (χ0) is 33.6. The van der Waals surface area contributed by atoms with Crippen molar-refractivity contribution in [3.8, 4) is 0 Å². The third kappa shape index (κ3) is 7.76. The fourth-order valence-electron chi connectivity index (χ4n) is 4.34. The van der Waals surface area contributed by atoms with Crippen molar-refractivity contribution < 1.29 is 53.9 Å². The number of halogens is 12. The summed E-state index contributed by atoms with van der Waals surface area (Å²) < 4.78 is 118. The Balaban J connectivity index is 1.52. The van der Waals surface area contributed by atoms with Gasteiger partial charge in [-0.2, -0.15) is 26.3 Å². The van der Waals surface area contributed by atoms with Gasteiger partial charge < -0.3 is 16.0 Å². The summed E-state index contributed by atoms with van der Waals surface area (Å²) in [6.07, 6.45) is -11.9. The number of alkyl halides is 8. The first-order valence-corrected chi connectivity index (χ1v) is 13.3. The molecule has 1 unspecified atom stereocenters. The lowest BCUT2D eigenvalue weighted by molar-refractivity contribution is -0.150. The van der Waals surface area contributed by atoms with Gasteiger partial charge in [0.25, 0.3) is 5.91 Å². The predicted molar refractivity (Wildman–Crippen MR) is 146 cm³/mol. The van der Waals surface area contributed by atoms with Crippen molar-refractivity contribution in [1.82, 2.24) is 0 Å². The number of anilines is 3. The smallest absolute Gasteiger partial charge is 0.326 e. The van der Waals surface area contributed by atoms with E-state index in [2.05, 4.69) is 5.32 Å². The Hall–Kier alpha value is -3.69. The van der Waals surface area contributed by atoms with Crippen LogP contribution in [0.5, 0.6) is 0 Å². The molecule has 0 radical (unpaired) electrons. The second-order valence-corrected chi connectivity index (χ2v) is 11.5. The van der Waals surface area contributed by atoms with Crippen molar-refractivity contribution in [2.24, 2.45) is 5.92 Å². The molecule has 0 aromatic heterocycles. The van der Waals surface area contributed by atoms with Crippen LogP contribution in [0.1, 0.15) is 33.8 Å². The second kappa shape index (κ2) is 12.2. The van der Waals surface area contributed by atoms with Crippen molar-refractivity contribution >= 4 is 69.6 Å². The van der Waals surface area contributed by atoms with Crippen molar-refractivity contribution in [3.05, 3.63) is 87.7 Å². The van der Waals surface area contributed by atoms with E-state index in [0.717, 1.165) is 18.2 Å². The first-order chi connectivity index (χ1) is 20.7. The molecule has 0 bridgehead atoms. The van der Waals surface area contributed by atoms with Gasteiger partial charge in [0, 0.05) is 11.6 Å².